The van der Waals surface area contributed by atoms with Crippen molar-refractivity contribution >= 4 is 148 Å². The Morgan fingerprint density at radius 1 is 0.337 bits per heavy atom. The zero-order valence-corrected chi connectivity index (χ0v) is 51.0. The van der Waals surface area contributed by atoms with Crippen LogP contribution in [0, 0.1) is 66.5 Å². The summed E-state index contributed by atoms with van der Waals surface area (Å²) in [5.74, 6) is 0.433. The second-order valence-corrected chi connectivity index (χ2v) is 23.0. The number of methoxy groups -OCH3 is 1. The van der Waals surface area contributed by atoms with Gasteiger partial charge < -0.3 is 4.74 Å². The van der Waals surface area contributed by atoms with Crippen molar-refractivity contribution in [3.63, 3.8) is 0 Å². The molecule has 14 rings (SSSR count). The first-order chi connectivity index (χ1) is 45.8. The van der Waals surface area contributed by atoms with E-state index < -0.39 is 29.5 Å². The van der Waals surface area contributed by atoms with Crippen LogP contribution < -0.4 is 4.74 Å². The molecule has 34 nitrogen and oxygen atoms in total. The number of nitro groups is 6. The molecule has 14 aromatic rings. The number of non-ortho nitro benzene ring substituents is 6. The molecule has 0 bridgehead atoms. The van der Waals surface area contributed by atoms with Crippen molar-refractivity contribution in [3.05, 3.63) is 235 Å². The highest BCUT2D eigenvalue weighted by molar-refractivity contribution is 8.00. The standard InChI is InChI=1S/C13H9N3O4S.C12H6FN3O3S.C12H6N4O5S.C12H7N3O3S.C6H2ClN3O3/c1-19-8-2-4-9(5-3-8)21-11-7-6-10(16(17)18)12-13(11)15-20-14-12;13-7-1-3-8(4-2-7)20-10-6-5-9(16(17)18)11-12(10)15-19-14-11;17-15(18)7-1-3-8(4-2-7)22-10-6-5-9(16(19)20)11-12(10)14-21-13-11;16-15(17)9-6-7-10(12-11(9)13-18-14-12)19-8-4-2-1-3-5-8;7-3-1-2-4(10(11)12)6-5(3)8-13-9-6/h2-7H,1H3;1-6H;1-6H;1-7H;1-2H. The van der Waals surface area contributed by atoms with Gasteiger partial charge in [-0.05, 0) is 155 Å². The number of rotatable bonds is 15. The monoisotopic (exact) mass is 1380 g/mol. The summed E-state index contributed by atoms with van der Waals surface area (Å²) >= 11 is 11.1. The zero-order chi connectivity index (χ0) is 67.3. The van der Waals surface area contributed by atoms with Crippen molar-refractivity contribution in [1.29, 1.82) is 0 Å². The largest absolute Gasteiger partial charge is 0.497 e. The van der Waals surface area contributed by atoms with Crippen molar-refractivity contribution in [3.8, 4) is 5.75 Å². The summed E-state index contributed by atoms with van der Waals surface area (Å²) in [4.78, 5) is 67.8. The topological polar surface area (TPSA) is 463 Å². The second-order valence-electron chi connectivity index (χ2n) is 18.1. The molecule has 0 saturated carbocycles. The van der Waals surface area contributed by atoms with Gasteiger partial charge in [0, 0.05) is 81.6 Å². The summed E-state index contributed by atoms with van der Waals surface area (Å²) < 4.78 is 40.7. The van der Waals surface area contributed by atoms with Crippen LogP contribution in [0.5, 0.6) is 5.75 Å². The lowest BCUT2D eigenvalue weighted by Crippen LogP contribution is -1.90. The Morgan fingerprint density at radius 2 is 0.611 bits per heavy atom. The number of hydrogen-bond acceptors (Lipinski definition) is 32. The average Bonchev–Trinajstić information content (AvgIpc) is 1.79. The van der Waals surface area contributed by atoms with E-state index in [1.807, 2.05) is 54.6 Å². The molecule has 0 aliphatic rings. The van der Waals surface area contributed by atoms with Crippen molar-refractivity contribution in [2.75, 3.05) is 7.11 Å². The summed E-state index contributed by atoms with van der Waals surface area (Å²) in [6, 6.07) is 43.5. The molecule has 0 aliphatic heterocycles. The molecule has 476 valence electrons. The predicted octanol–water partition coefficient (Wildman–Crippen LogP) is 15.0. The smallest absolute Gasteiger partial charge is 0.300 e. The summed E-state index contributed by atoms with van der Waals surface area (Å²) in [5.41, 5.74) is 1.38. The number of nitro benzene ring substituents is 6. The van der Waals surface area contributed by atoms with Crippen LogP contribution in [-0.2, 0) is 0 Å². The molecule has 0 aliphatic carbocycles. The number of nitrogens with zero attached hydrogens (tertiary/aromatic N) is 16. The third-order valence-corrected chi connectivity index (χ3v) is 16.9. The Labute approximate surface area is 545 Å². The van der Waals surface area contributed by atoms with Gasteiger partial charge in [0.1, 0.15) is 11.6 Å². The minimum Gasteiger partial charge on any atom is -0.497 e. The van der Waals surface area contributed by atoms with Gasteiger partial charge in [-0.2, -0.15) is 0 Å². The van der Waals surface area contributed by atoms with Crippen molar-refractivity contribution in [2.24, 2.45) is 0 Å². The number of hydrogen-bond donors (Lipinski definition) is 0. The molecule has 0 N–H and O–H groups in total. The summed E-state index contributed by atoms with van der Waals surface area (Å²) in [5, 5.41) is 101. The minimum atomic E-state index is -0.567. The van der Waals surface area contributed by atoms with Crippen LogP contribution in [-0.4, -0.2) is 88.2 Å². The van der Waals surface area contributed by atoms with Gasteiger partial charge in [0.05, 0.1) is 41.7 Å². The van der Waals surface area contributed by atoms with Crippen molar-refractivity contribution in [1.82, 2.24) is 51.6 Å². The van der Waals surface area contributed by atoms with Gasteiger partial charge in [0.15, 0.2) is 27.6 Å². The minimum absolute atomic E-state index is 0.0127. The molecule has 40 heteroatoms. The van der Waals surface area contributed by atoms with E-state index in [0.717, 1.165) is 35.1 Å². The molecular formula is C55H30ClFN16O18S4. The van der Waals surface area contributed by atoms with Crippen molar-refractivity contribution in [2.45, 2.75) is 39.2 Å². The predicted molar refractivity (Wildman–Crippen MR) is 333 cm³/mol. The van der Waals surface area contributed by atoms with Gasteiger partial charge in [-0.15, -0.1) is 0 Å². The Hall–Kier alpha value is -12.2. The van der Waals surface area contributed by atoms with Crippen LogP contribution >= 0.6 is 58.6 Å². The van der Waals surface area contributed by atoms with Gasteiger partial charge in [0.2, 0.25) is 27.6 Å². The first-order valence-electron chi connectivity index (χ1n) is 25.9. The second kappa shape index (κ2) is 29.8. The van der Waals surface area contributed by atoms with Crippen LogP contribution in [0.4, 0.5) is 38.5 Å². The van der Waals surface area contributed by atoms with Gasteiger partial charge in [-0.1, -0.05) is 76.8 Å². The maximum atomic E-state index is 12.8. The number of halogens is 2. The number of ether oxygens (including phenoxy) is 1. The first kappa shape index (κ1) is 65.7. The summed E-state index contributed by atoms with van der Waals surface area (Å²) in [6.07, 6.45) is 0. The van der Waals surface area contributed by atoms with Crippen LogP contribution in [0.3, 0.4) is 0 Å². The first-order valence-corrected chi connectivity index (χ1v) is 29.5. The van der Waals surface area contributed by atoms with Gasteiger partial charge in [0.25, 0.3) is 5.69 Å². The highest BCUT2D eigenvalue weighted by atomic mass is 35.5. The molecule has 0 radical (unpaired) electrons. The van der Waals surface area contributed by atoms with Crippen LogP contribution in [0.25, 0.3) is 55.2 Å². The van der Waals surface area contributed by atoms with Gasteiger partial charge in [-0.25, -0.2) is 27.5 Å². The lowest BCUT2D eigenvalue weighted by molar-refractivity contribution is -0.385. The van der Waals surface area contributed by atoms with Crippen molar-refractivity contribution < 1.29 is 61.8 Å². The van der Waals surface area contributed by atoms with E-state index in [4.69, 9.17) is 16.3 Å². The Bertz CT molecular complexity index is 5170. The lowest BCUT2D eigenvalue weighted by atomic mass is 10.3. The Morgan fingerprint density at radius 3 is 0.926 bits per heavy atom. The van der Waals surface area contributed by atoms with Gasteiger partial charge >= 0.3 is 28.4 Å². The SMILES string of the molecule is COc1ccc(Sc2ccc([N+](=O)[O-])c3nonc23)cc1.O=[N+]([O-])c1ccc(Cl)c2nonc12.O=[N+]([O-])c1ccc(Sc2ccc(F)cc2)c2nonc12.O=[N+]([O-])c1ccc(Sc2ccc([N+](=O)[O-])c3nonc23)cc1.O=[N+]([O-])c1ccc(Sc2ccccc2)c2nonc12. The number of fused-ring (bicyclic) bond motifs is 5. The van der Waals surface area contributed by atoms with E-state index in [1.54, 1.807) is 49.6 Å². The highest BCUT2D eigenvalue weighted by Gasteiger charge is 2.25. The van der Waals surface area contributed by atoms with Crippen LogP contribution in [0.15, 0.2) is 226 Å². The Balaban J connectivity index is 0.000000130. The highest BCUT2D eigenvalue weighted by Crippen LogP contribution is 2.40. The third kappa shape index (κ3) is 15.6. The molecule has 0 fully saturated rings. The molecule has 0 spiro atoms. The molecule has 0 saturated heterocycles. The fourth-order valence-corrected chi connectivity index (χ4v) is 11.8. The third-order valence-electron chi connectivity index (χ3n) is 12.3. The maximum Gasteiger partial charge on any atom is 0.300 e. The molecule has 0 atom stereocenters. The zero-order valence-electron chi connectivity index (χ0n) is 47.0. The number of aromatic nitrogens is 10. The molecule has 0 unspecified atom stereocenters. The molecular weight excluding hydrogens is 1360 g/mol. The van der Waals surface area contributed by atoms with Crippen LogP contribution in [0.2, 0.25) is 5.02 Å². The Kier molecular flexibility index (Phi) is 20.6. The molecule has 5 heterocycles. The number of benzene rings is 9. The van der Waals surface area contributed by atoms with E-state index in [-0.39, 0.29) is 83.6 Å². The molecule has 5 aromatic heterocycles. The van der Waals surface area contributed by atoms with E-state index in [1.165, 1.54) is 114 Å². The average molecular weight is 1390 g/mol. The maximum absolute atomic E-state index is 12.8. The van der Waals surface area contributed by atoms with E-state index in [9.17, 15) is 65.1 Å². The fourth-order valence-electron chi connectivity index (χ4n) is 7.99. The quantitative estimate of drug-likeness (QED) is 0.0679. The van der Waals surface area contributed by atoms with E-state index >= 15 is 0 Å². The van der Waals surface area contributed by atoms with Gasteiger partial charge in [-0.3, -0.25) is 60.7 Å². The van der Waals surface area contributed by atoms with E-state index in [0.29, 0.717) is 26.3 Å². The van der Waals surface area contributed by atoms with Crippen LogP contribution in [0.1, 0.15) is 0 Å². The fraction of sp³-hybridized carbons (Fsp3) is 0.0182. The van der Waals surface area contributed by atoms with E-state index in [2.05, 4.69) is 74.7 Å². The lowest BCUT2D eigenvalue weighted by Gasteiger charge is -2.03. The molecule has 95 heavy (non-hydrogen) atoms. The molecule has 9 aromatic carbocycles. The summed E-state index contributed by atoms with van der Waals surface area (Å²) in [6.45, 7) is 0. The molecule has 0 amide bonds. The normalized spacial score (nSPS) is 10.7. The summed E-state index contributed by atoms with van der Waals surface area (Å²) in [7, 11) is 1.60.